The van der Waals surface area contributed by atoms with Crippen molar-refractivity contribution in [3.63, 3.8) is 0 Å². The quantitative estimate of drug-likeness (QED) is 0.156. The Morgan fingerprint density at radius 1 is 1.05 bits per heavy atom. The number of carbonyl (C=O) groups is 1. The van der Waals surface area contributed by atoms with E-state index in [-0.39, 0.29) is 28.1 Å². The fraction of sp³-hybridized carbons (Fsp3) is 0.0769. The van der Waals surface area contributed by atoms with Crippen LogP contribution in [0.15, 0.2) is 84.0 Å². The van der Waals surface area contributed by atoms with E-state index in [1.54, 1.807) is 0 Å². The van der Waals surface area contributed by atoms with Crippen LogP contribution in [0.4, 0.5) is 11.4 Å². The van der Waals surface area contributed by atoms with Crippen LogP contribution in [0.1, 0.15) is 0 Å². The van der Waals surface area contributed by atoms with Gasteiger partial charge in [0, 0.05) is 35.7 Å². The monoisotopic (exact) mass is 530 g/mol. The molecule has 0 saturated heterocycles. The summed E-state index contributed by atoms with van der Waals surface area (Å²) < 4.78 is 1.83. The molecule has 0 aliphatic heterocycles. The highest BCUT2D eigenvalue weighted by Gasteiger charge is 2.18. The minimum atomic E-state index is -0.548. The van der Waals surface area contributed by atoms with E-state index in [1.807, 2.05) is 72.3 Å². The van der Waals surface area contributed by atoms with E-state index in [2.05, 4.69) is 15.5 Å². The minimum Gasteiger partial charge on any atom is -0.324 e. The Hall–Kier alpha value is -4.28. The number of nitrogens with zero attached hydrogens (tertiary/aromatic N) is 5. The first-order valence-corrected chi connectivity index (χ1v) is 12.5. The third kappa shape index (κ3) is 5.16. The summed E-state index contributed by atoms with van der Waals surface area (Å²) in [5.41, 5.74) is 3.53. The maximum Gasteiger partial charge on any atom is 0.271 e. The summed E-state index contributed by atoms with van der Waals surface area (Å²) in [6, 6.07) is 23.6. The van der Waals surface area contributed by atoms with E-state index in [9.17, 15) is 14.9 Å². The van der Waals surface area contributed by atoms with Crippen LogP contribution in [0.5, 0.6) is 0 Å². The molecule has 0 radical (unpaired) electrons. The van der Waals surface area contributed by atoms with E-state index < -0.39 is 4.92 Å². The SMILES string of the molecule is Cn1c(SCC(=O)Nc2cc([N+](=O)[O-])ccc2Cl)nnc1-c1cc(-c2ccccc2)nc2ccccc12. The number of nitro groups is 1. The Kier molecular flexibility index (Phi) is 6.85. The Labute approximate surface area is 220 Å². The molecule has 5 aromatic rings. The van der Waals surface area contributed by atoms with E-state index in [1.165, 1.54) is 30.0 Å². The number of anilines is 1. The molecular weight excluding hydrogens is 512 g/mol. The lowest BCUT2D eigenvalue weighted by Crippen LogP contribution is -2.15. The van der Waals surface area contributed by atoms with Crippen LogP contribution in [0, 0.1) is 10.1 Å². The molecule has 1 N–H and O–H groups in total. The smallest absolute Gasteiger partial charge is 0.271 e. The van der Waals surface area contributed by atoms with Gasteiger partial charge in [0.05, 0.1) is 32.6 Å². The number of fused-ring (bicyclic) bond motifs is 1. The zero-order valence-corrected chi connectivity index (χ0v) is 21.0. The molecule has 0 spiro atoms. The van der Waals surface area contributed by atoms with Gasteiger partial charge in [0.25, 0.3) is 5.69 Å². The van der Waals surface area contributed by atoms with Gasteiger partial charge in [-0.25, -0.2) is 4.98 Å². The second kappa shape index (κ2) is 10.4. The van der Waals surface area contributed by atoms with Gasteiger partial charge >= 0.3 is 0 Å². The third-order valence-corrected chi connectivity index (χ3v) is 6.98. The molecule has 0 atom stereocenters. The second-order valence-corrected chi connectivity index (χ2v) is 9.41. The van der Waals surface area contributed by atoms with Gasteiger partial charge in [-0.15, -0.1) is 10.2 Å². The number of non-ortho nitro benzene ring substituents is 1. The van der Waals surface area contributed by atoms with Crippen molar-refractivity contribution in [1.29, 1.82) is 0 Å². The highest BCUT2D eigenvalue weighted by atomic mass is 35.5. The number of thioether (sulfide) groups is 1. The van der Waals surface area contributed by atoms with Crippen molar-refractivity contribution in [1.82, 2.24) is 19.7 Å². The lowest BCUT2D eigenvalue weighted by molar-refractivity contribution is -0.384. The largest absolute Gasteiger partial charge is 0.324 e. The number of nitro benzene ring substituents is 1. The number of nitrogens with one attached hydrogen (secondary N) is 1. The van der Waals surface area contributed by atoms with Crippen LogP contribution < -0.4 is 5.32 Å². The minimum absolute atomic E-state index is 0.0113. The van der Waals surface area contributed by atoms with Gasteiger partial charge < -0.3 is 9.88 Å². The molecule has 2 aromatic heterocycles. The summed E-state index contributed by atoms with van der Waals surface area (Å²) >= 11 is 7.28. The average molecular weight is 531 g/mol. The van der Waals surface area contributed by atoms with Crippen LogP contribution in [0.25, 0.3) is 33.5 Å². The van der Waals surface area contributed by atoms with Crippen LogP contribution in [-0.4, -0.2) is 36.3 Å². The molecule has 3 aromatic carbocycles. The van der Waals surface area contributed by atoms with Gasteiger partial charge in [0.15, 0.2) is 11.0 Å². The number of hydrogen-bond donors (Lipinski definition) is 1. The van der Waals surface area contributed by atoms with Crippen LogP contribution in [0.2, 0.25) is 5.02 Å². The normalized spacial score (nSPS) is 11.0. The summed E-state index contributed by atoms with van der Waals surface area (Å²) in [6.07, 6.45) is 0. The fourth-order valence-corrected chi connectivity index (χ4v) is 4.71. The molecule has 0 unspecified atom stereocenters. The molecule has 9 nitrogen and oxygen atoms in total. The highest BCUT2D eigenvalue weighted by molar-refractivity contribution is 7.99. The maximum absolute atomic E-state index is 12.6. The second-order valence-electron chi connectivity index (χ2n) is 8.06. The molecule has 2 heterocycles. The van der Waals surface area contributed by atoms with Gasteiger partial charge in [0.1, 0.15) is 0 Å². The molecule has 0 bridgehead atoms. The van der Waals surface area contributed by atoms with Crippen LogP contribution in [-0.2, 0) is 11.8 Å². The van der Waals surface area contributed by atoms with Crippen molar-refractivity contribution in [3.8, 4) is 22.6 Å². The summed E-state index contributed by atoms with van der Waals surface area (Å²) in [4.78, 5) is 27.9. The Balaban J connectivity index is 1.40. The van der Waals surface area contributed by atoms with Gasteiger partial charge in [-0.3, -0.25) is 14.9 Å². The predicted molar refractivity (Wildman–Crippen MR) is 145 cm³/mol. The van der Waals surface area contributed by atoms with Crippen molar-refractivity contribution in [2.75, 3.05) is 11.1 Å². The molecule has 5 rings (SSSR count). The number of amides is 1. The number of pyridine rings is 1. The molecule has 37 heavy (non-hydrogen) atoms. The van der Waals surface area contributed by atoms with Gasteiger partial charge in [-0.1, -0.05) is 71.9 Å². The Morgan fingerprint density at radius 3 is 2.59 bits per heavy atom. The highest BCUT2D eigenvalue weighted by Crippen LogP contribution is 2.32. The van der Waals surface area contributed by atoms with Crippen molar-refractivity contribution < 1.29 is 9.72 Å². The first kappa shape index (κ1) is 24.4. The topological polar surface area (TPSA) is 116 Å². The molecule has 0 fully saturated rings. The number of rotatable bonds is 7. The summed E-state index contributed by atoms with van der Waals surface area (Å²) in [7, 11) is 1.84. The van der Waals surface area contributed by atoms with Crippen molar-refractivity contribution in [2.24, 2.45) is 7.05 Å². The standard InChI is InChI=1S/C26H19ClN6O3S/c1-32-25(19-14-22(16-7-3-2-4-8-16)28-21-10-6-5-9-18(19)21)30-31-26(32)37-15-24(34)29-23-13-17(33(35)36)11-12-20(23)27/h2-14H,15H2,1H3,(H,29,34). The summed E-state index contributed by atoms with van der Waals surface area (Å²) in [5.74, 6) is 0.273. The fourth-order valence-electron chi connectivity index (χ4n) is 3.83. The predicted octanol–water partition coefficient (Wildman–Crippen LogP) is 5.99. The average Bonchev–Trinajstić information content (AvgIpc) is 3.28. The number of aromatic nitrogens is 4. The van der Waals surface area contributed by atoms with Crippen LogP contribution in [0.3, 0.4) is 0 Å². The van der Waals surface area contributed by atoms with Crippen molar-refractivity contribution in [2.45, 2.75) is 5.16 Å². The lowest BCUT2D eigenvalue weighted by atomic mass is 10.0. The van der Waals surface area contributed by atoms with Crippen LogP contribution >= 0.6 is 23.4 Å². The molecule has 0 saturated carbocycles. The maximum atomic E-state index is 12.6. The van der Waals surface area contributed by atoms with E-state index in [4.69, 9.17) is 16.6 Å². The molecule has 0 aliphatic rings. The number of para-hydroxylation sites is 1. The molecule has 184 valence electrons. The van der Waals surface area contributed by atoms with Crippen molar-refractivity contribution in [3.05, 3.63) is 94.0 Å². The number of benzene rings is 3. The lowest BCUT2D eigenvalue weighted by Gasteiger charge is -2.10. The van der Waals surface area contributed by atoms with E-state index >= 15 is 0 Å². The van der Waals surface area contributed by atoms with Gasteiger partial charge in [-0.2, -0.15) is 0 Å². The first-order chi connectivity index (χ1) is 17.9. The zero-order chi connectivity index (χ0) is 25.9. The third-order valence-electron chi connectivity index (χ3n) is 5.63. The Bertz CT molecular complexity index is 1640. The van der Waals surface area contributed by atoms with E-state index in [0.29, 0.717) is 11.0 Å². The van der Waals surface area contributed by atoms with Gasteiger partial charge in [-0.05, 0) is 18.2 Å². The summed E-state index contributed by atoms with van der Waals surface area (Å²) in [5, 5.41) is 24.0. The number of halogens is 1. The molecule has 11 heteroatoms. The first-order valence-electron chi connectivity index (χ1n) is 11.1. The van der Waals surface area contributed by atoms with Gasteiger partial charge in [0.2, 0.25) is 5.91 Å². The molecule has 0 aliphatic carbocycles. The van der Waals surface area contributed by atoms with E-state index in [0.717, 1.165) is 27.7 Å². The Morgan fingerprint density at radius 2 is 1.81 bits per heavy atom. The summed E-state index contributed by atoms with van der Waals surface area (Å²) in [6.45, 7) is 0. The number of carbonyl (C=O) groups excluding carboxylic acids is 1. The van der Waals surface area contributed by atoms with Crippen molar-refractivity contribution >= 4 is 51.5 Å². The number of hydrogen-bond acceptors (Lipinski definition) is 7. The molecule has 1 amide bonds. The zero-order valence-electron chi connectivity index (χ0n) is 19.5. The molecular formula is C26H19ClN6O3S.